The van der Waals surface area contributed by atoms with Crippen molar-refractivity contribution in [1.29, 1.82) is 0 Å². The Hall–Kier alpha value is -0.0800. The zero-order chi connectivity index (χ0) is 9.68. The topological polar surface area (TPSA) is 40.5 Å². The van der Waals surface area contributed by atoms with Gasteiger partial charge in [0.1, 0.15) is 0 Å². The predicted molar refractivity (Wildman–Crippen MR) is 53.5 cm³/mol. The maximum absolute atomic E-state index is 9.61. The average molecular weight is 186 g/mol. The Morgan fingerprint density at radius 2 is 1.77 bits per heavy atom. The van der Waals surface area contributed by atoms with Crippen LogP contribution >= 0.6 is 0 Å². The lowest BCUT2D eigenvalue weighted by atomic mass is 9.84. The molecule has 78 valence electrons. The quantitative estimate of drug-likeness (QED) is 0.705. The molecule has 2 atom stereocenters. The summed E-state index contributed by atoms with van der Waals surface area (Å²) in [5, 5.41) is 18.7. The molecule has 13 heavy (non-hydrogen) atoms. The molecule has 0 aromatic carbocycles. The summed E-state index contributed by atoms with van der Waals surface area (Å²) < 4.78 is 0. The molecule has 0 amide bonds. The van der Waals surface area contributed by atoms with Crippen LogP contribution in [0.4, 0.5) is 0 Å². The van der Waals surface area contributed by atoms with Crippen LogP contribution in [0.2, 0.25) is 0 Å². The minimum absolute atomic E-state index is 0.289. The third-order valence-corrected chi connectivity index (χ3v) is 2.94. The van der Waals surface area contributed by atoms with Crippen molar-refractivity contribution in [3.05, 3.63) is 0 Å². The molecule has 0 aliphatic heterocycles. The van der Waals surface area contributed by atoms with Gasteiger partial charge in [0.2, 0.25) is 0 Å². The van der Waals surface area contributed by atoms with Crippen molar-refractivity contribution < 1.29 is 10.2 Å². The first-order chi connectivity index (χ1) is 6.18. The van der Waals surface area contributed by atoms with Gasteiger partial charge in [-0.05, 0) is 25.7 Å². The maximum Gasteiger partial charge on any atom is 0.0567 e. The smallest absolute Gasteiger partial charge is 0.0567 e. The number of hydrogen-bond donors (Lipinski definition) is 2. The summed E-state index contributed by atoms with van der Waals surface area (Å²) in [5.41, 5.74) is 0. The molecule has 0 spiro atoms. The summed E-state index contributed by atoms with van der Waals surface area (Å²) in [7, 11) is 0. The molecule has 2 N–H and O–H groups in total. The van der Waals surface area contributed by atoms with Crippen molar-refractivity contribution in [2.75, 3.05) is 0 Å². The van der Waals surface area contributed by atoms with Crippen LogP contribution in [0.1, 0.15) is 51.9 Å². The van der Waals surface area contributed by atoms with Crippen molar-refractivity contribution in [3.63, 3.8) is 0 Å². The summed E-state index contributed by atoms with van der Waals surface area (Å²) >= 11 is 0. The van der Waals surface area contributed by atoms with Crippen LogP contribution in [0.3, 0.4) is 0 Å². The van der Waals surface area contributed by atoms with Crippen LogP contribution in [0.25, 0.3) is 0 Å². The van der Waals surface area contributed by atoms with Crippen LogP contribution < -0.4 is 0 Å². The Balaban J connectivity index is 2.14. The zero-order valence-corrected chi connectivity index (χ0v) is 8.58. The second-order valence-electron chi connectivity index (χ2n) is 4.48. The summed E-state index contributed by atoms with van der Waals surface area (Å²) in [6.45, 7) is 1.74. The molecule has 1 saturated carbocycles. The fourth-order valence-corrected chi connectivity index (χ4v) is 2.30. The molecule has 2 nitrogen and oxygen atoms in total. The lowest BCUT2D eigenvalue weighted by Crippen LogP contribution is -2.20. The molecular weight excluding hydrogens is 164 g/mol. The first kappa shape index (κ1) is 11.0. The third kappa shape index (κ3) is 4.63. The SMILES string of the molecule is CC(O)CC(O)CC1CCCCC1. The van der Waals surface area contributed by atoms with E-state index in [1.54, 1.807) is 6.92 Å². The molecule has 0 heterocycles. The van der Waals surface area contributed by atoms with Crippen LogP contribution in [-0.4, -0.2) is 22.4 Å². The fourth-order valence-electron chi connectivity index (χ4n) is 2.30. The maximum atomic E-state index is 9.61. The van der Waals surface area contributed by atoms with E-state index in [2.05, 4.69) is 0 Å². The highest BCUT2D eigenvalue weighted by Crippen LogP contribution is 2.28. The lowest BCUT2D eigenvalue weighted by Gasteiger charge is -2.24. The van der Waals surface area contributed by atoms with Gasteiger partial charge in [0.25, 0.3) is 0 Å². The molecule has 2 heteroatoms. The van der Waals surface area contributed by atoms with E-state index in [0.717, 1.165) is 6.42 Å². The molecule has 0 bridgehead atoms. The number of rotatable bonds is 4. The van der Waals surface area contributed by atoms with Gasteiger partial charge < -0.3 is 10.2 Å². The van der Waals surface area contributed by atoms with Gasteiger partial charge >= 0.3 is 0 Å². The van der Waals surface area contributed by atoms with E-state index in [9.17, 15) is 5.11 Å². The highest BCUT2D eigenvalue weighted by Gasteiger charge is 2.18. The normalized spacial score (nSPS) is 24.2. The van der Waals surface area contributed by atoms with E-state index >= 15 is 0 Å². The second-order valence-corrected chi connectivity index (χ2v) is 4.48. The summed E-state index contributed by atoms with van der Waals surface area (Å²) in [5.74, 6) is 0.711. The van der Waals surface area contributed by atoms with Crippen molar-refractivity contribution in [1.82, 2.24) is 0 Å². The van der Waals surface area contributed by atoms with Crippen molar-refractivity contribution in [2.45, 2.75) is 64.1 Å². The molecule has 0 radical (unpaired) electrons. The second kappa shape index (κ2) is 5.61. The summed E-state index contributed by atoms with van der Waals surface area (Å²) in [4.78, 5) is 0. The number of aliphatic hydroxyl groups excluding tert-OH is 2. The molecule has 0 saturated heterocycles. The minimum atomic E-state index is -0.362. The number of aliphatic hydroxyl groups is 2. The number of hydrogen-bond acceptors (Lipinski definition) is 2. The molecule has 2 unspecified atom stereocenters. The Labute approximate surface area is 81.0 Å². The average Bonchev–Trinajstić information content (AvgIpc) is 2.04. The Morgan fingerprint density at radius 3 is 2.31 bits per heavy atom. The molecule has 0 aromatic rings. The van der Waals surface area contributed by atoms with Gasteiger partial charge in [0, 0.05) is 0 Å². The van der Waals surface area contributed by atoms with Crippen molar-refractivity contribution >= 4 is 0 Å². The van der Waals surface area contributed by atoms with Gasteiger partial charge in [-0.1, -0.05) is 32.1 Å². The van der Waals surface area contributed by atoms with Gasteiger partial charge in [0.15, 0.2) is 0 Å². The van der Waals surface area contributed by atoms with Crippen LogP contribution in [-0.2, 0) is 0 Å². The third-order valence-electron chi connectivity index (χ3n) is 2.94. The van der Waals surface area contributed by atoms with E-state index in [-0.39, 0.29) is 12.2 Å². The van der Waals surface area contributed by atoms with Crippen molar-refractivity contribution in [2.24, 2.45) is 5.92 Å². The van der Waals surface area contributed by atoms with Crippen LogP contribution in [0, 0.1) is 5.92 Å². The largest absolute Gasteiger partial charge is 0.393 e. The zero-order valence-electron chi connectivity index (χ0n) is 8.58. The van der Waals surface area contributed by atoms with Gasteiger partial charge in [0.05, 0.1) is 12.2 Å². The monoisotopic (exact) mass is 186 g/mol. The molecular formula is C11H22O2. The standard InChI is InChI=1S/C11H22O2/c1-9(12)7-11(13)8-10-5-3-2-4-6-10/h9-13H,2-8H2,1H3. The van der Waals surface area contributed by atoms with E-state index < -0.39 is 0 Å². The van der Waals surface area contributed by atoms with Gasteiger partial charge in [-0.15, -0.1) is 0 Å². The molecule has 0 aromatic heterocycles. The van der Waals surface area contributed by atoms with E-state index in [4.69, 9.17) is 5.11 Å². The van der Waals surface area contributed by atoms with Gasteiger partial charge in [-0.3, -0.25) is 0 Å². The van der Waals surface area contributed by atoms with Crippen LogP contribution in [0.5, 0.6) is 0 Å². The molecule has 1 rings (SSSR count). The Kier molecular flexibility index (Phi) is 4.74. The highest BCUT2D eigenvalue weighted by atomic mass is 16.3. The molecule has 1 aliphatic rings. The summed E-state index contributed by atoms with van der Waals surface area (Å²) in [6.07, 6.45) is 7.35. The van der Waals surface area contributed by atoms with Crippen LogP contribution in [0.15, 0.2) is 0 Å². The van der Waals surface area contributed by atoms with Crippen molar-refractivity contribution in [3.8, 4) is 0 Å². The minimum Gasteiger partial charge on any atom is -0.393 e. The predicted octanol–water partition coefficient (Wildman–Crippen LogP) is 2.09. The van der Waals surface area contributed by atoms with E-state index in [0.29, 0.717) is 12.3 Å². The molecule has 1 fully saturated rings. The Morgan fingerprint density at radius 1 is 1.15 bits per heavy atom. The first-order valence-electron chi connectivity index (χ1n) is 5.54. The van der Waals surface area contributed by atoms with E-state index in [1.165, 1.54) is 32.1 Å². The van der Waals surface area contributed by atoms with Gasteiger partial charge in [-0.2, -0.15) is 0 Å². The van der Waals surface area contributed by atoms with Gasteiger partial charge in [-0.25, -0.2) is 0 Å². The first-order valence-corrected chi connectivity index (χ1v) is 5.54. The summed E-state index contributed by atoms with van der Waals surface area (Å²) in [6, 6.07) is 0. The lowest BCUT2D eigenvalue weighted by molar-refractivity contribution is 0.0687. The highest BCUT2D eigenvalue weighted by molar-refractivity contribution is 4.70. The molecule has 1 aliphatic carbocycles. The Bertz CT molecular complexity index is 128. The fraction of sp³-hybridized carbons (Fsp3) is 1.00. The van der Waals surface area contributed by atoms with E-state index in [1.807, 2.05) is 0 Å².